The lowest BCUT2D eigenvalue weighted by Gasteiger charge is -2.18. The second kappa shape index (κ2) is 4.32. The second-order valence-electron chi connectivity index (χ2n) is 4.16. The lowest BCUT2D eigenvalue weighted by molar-refractivity contribution is 0.197. The number of hydrogen-bond donors (Lipinski definition) is 0. The van der Waals surface area contributed by atoms with Gasteiger partial charge in [0.25, 0.3) is 0 Å². The molecule has 1 rings (SSSR count). The van der Waals surface area contributed by atoms with Gasteiger partial charge in [0.05, 0.1) is 12.8 Å². The molecule has 5 heteroatoms. The van der Waals surface area contributed by atoms with Crippen LogP contribution in [-0.4, -0.2) is 16.8 Å². The Morgan fingerprint density at radius 1 is 1.36 bits per heavy atom. The van der Waals surface area contributed by atoms with E-state index in [4.69, 9.17) is 27.9 Å². The smallest absolute Gasteiger partial charge is 0.174 e. The van der Waals surface area contributed by atoms with Crippen LogP contribution in [0.1, 0.15) is 20.8 Å². The first-order chi connectivity index (χ1) is 6.40. The molecule has 0 amide bonds. The van der Waals surface area contributed by atoms with Crippen LogP contribution in [0.2, 0.25) is 10.2 Å². The van der Waals surface area contributed by atoms with Crippen molar-refractivity contribution in [2.45, 2.75) is 20.8 Å². The molecule has 0 fully saturated rings. The van der Waals surface area contributed by atoms with Crippen LogP contribution < -0.4 is 4.74 Å². The number of hydrogen-bond acceptors (Lipinski definition) is 3. The summed E-state index contributed by atoms with van der Waals surface area (Å²) in [7, 11) is 0. The molecule has 1 aromatic rings. The van der Waals surface area contributed by atoms with E-state index in [9.17, 15) is 0 Å². The van der Waals surface area contributed by atoms with Crippen molar-refractivity contribution in [2.75, 3.05) is 6.61 Å². The maximum atomic E-state index is 5.86. The van der Waals surface area contributed by atoms with Crippen LogP contribution in [0, 0.1) is 5.41 Å². The van der Waals surface area contributed by atoms with E-state index >= 15 is 0 Å². The molecule has 1 heterocycles. The minimum Gasteiger partial charge on any atom is -0.490 e. The Morgan fingerprint density at radius 2 is 2.00 bits per heavy atom. The summed E-state index contributed by atoms with van der Waals surface area (Å²) in [5, 5.41) is 7.72. The Kier molecular flexibility index (Phi) is 3.56. The van der Waals surface area contributed by atoms with Gasteiger partial charge >= 0.3 is 0 Å². The molecule has 0 aromatic carbocycles. The van der Waals surface area contributed by atoms with Gasteiger partial charge in [0.15, 0.2) is 10.9 Å². The molecule has 0 unspecified atom stereocenters. The Bertz CT molecular complexity index is 323. The molecule has 0 aliphatic heterocycles. The average Bonchev–Trinajstić information content (AvgIpc) is 2.06. The Labute approximate surface area is 93.4 Å². The molecule has 0 saturated carbocycles. The zero-order valence-corrected chi connectivity index (χ0v) is 9.85. The zero-order valence-electron chi connectivity index (χ0n) is 8.34. The lowest BCUT2D eigenvalue weighted by atomic mass is 9.99. The molecule has 78 valence electrons. The van der Waals surface area contributed by atoms with Gasteiger partial charge in [-0.1, -0.05) is 44.0 Å². The monoisotopic (exact) mass is 234 g/mol. The van der Waals surface area contributed by atoms with Gasteiger partial charge in [-0.3, -0.25) is 0 Å². The van der Waals surface area contributed by atoms with Crippen LogP contribution in [0.25, 0.3) is 0 Å². The molecule has 0 saturated heterocycles. The van der Waals surface area contributed by atoms with Crippen LogP contribution in [-0.2, 0) is 0 Å². The van der Waals surface area contributed by atoms with Gasteiger partial charge in [-0.15, -0.1) is 5.10 Å². The van der Waals surface area contributed by atoms with Crippen molar-refractivity contribution in [3.8, 4) is 5.75 Å². The van der Waals surface area contributed by atoms with Crippen molar-refractivity contribution in [2.24, 2.45) is 5.41 Å². The zero-order chi connectivity index (χ0) is 10.8. The fourth-order valence-corrected chi connectivity index (χ4v) is 1.01. The summed E-state index contributed by atoms with van der Waals surface area (Å²) >= 11 is 11.5. The van der Waals surface area contributed by atoms with Gasteiger partial charge in [-0.25, -0.2) is 0 Å². The van der Waals surface area contributed by atoms with E-state index in [-0.39, 0.29) is 10.6 Å². The Hall–Kier alpha value is -0.540. The van der Waals surface area contributed by atoms with Crippen LogP contribution in [0.4, 0.5) is 0 Å². The first-order valence-corrected chi connectivity index (χ1v) is 4.95. The number of nitrogens with zero attached hydrogens (tertiary/aromatic N) is 2. The fraction of sp³-hybridized carbons (Fsp3) is 0.556. The Balaban J connectivity index is 2.73. The molecule has 3 nitrogen and oxygen atoms in total. The molecule has 0 atom stereocenters. The highest BCUT2D eigenvalue weighted by Crippen LogP contribution is 2.29. The maximum absolute atomic E-state index is 5.86. The highest BCUT2D eigenvalue weighted by Gasteiger charge is 2.14. The predicted octanol–water partition coefficient (Wildman–Crippen LogP) is 3.21. The van der Waals surface area contributed by atoms with E-state index in [1.54, 1.807) is 0 Å². The standard InChI is InChI=1S/C9H12Cl2N2O/c1-9(2,3)5-14-6-4-12-13-8(11)7(6)10/h4H,5H2,1-3H3. The maximum Gasteiger partial charge on any atom is 0.174 e. The van der Waals surface area contributed by atoms with Gasteiger partial charge in [0.1, 0.15) is 5.02 Å². The third-order valence-electron chi connectivity index (χ3n) is 1.38. The molecule has 0 bridgehead atoms. The first kappa shape index (κ1) is 11.5. The second-order valence-corrected chi connectivity index (χ2v) is 4.90. The van der Waals surface area contributed by atoms with Crippen molar-refractivity contribution >= 4 is 23.2 Å². The summed E-state index contributed by atoms with van der Waals surface area (Å²) in [6, 6.07) is 0. The van der Waals surface area contributed by atoms with Crippen molar-refractivity contribution in [1.82, 2.24) is 10.2 Å². The normalized spacial score (nSPS) is 11.5. The summed E-state index contributed by atoms with van der Waals surface area (Å²) in [6.07, 6.45) is 1.46. The van der Waals surface area contributed by atoms with Crippen LogP contribution >= 0.6 is 23.2 Å². The molecule has 14 heavy (non-hydrogen) atoms. The summed E-state index contributed by atoms with van der Waals surface area (Å²) in [6.45, 7) is 6.75. The van der Waals surface area contributed by atoms with E-state index in [1.807, 2.05) is 0 Å². The summed E-state index contributed by atoms with van der Waals surface area (Å²) in [4.78, 5) is 0. The summed E-state index contributed by atoms with van der Waals surface area (Å²) < 4.78 is 5.46. The van der Waals surface area contributed by atoms with Gasteiger partial charge in [0.2, 0.25) is 0 Å². The van der Waals surface area contributed by atoms with Gasteiger partial charge in [-0.2, -0.15) is 5.10 Å². The number of halogens is 2. The van der Waals surface area contributed by atoms with E-state index in [0.717, 1.165) is 0 Å². The minimum absolute atomic E-state index is 0.0685. The third-order valence-corrected chi connectivity index (χ3v) is 2.11. The topological polar surface area (TPSA) is 35.0 Å². The van der Waals surface area contributed by atoms with E-state index in [1.165, 1.54) is 6.20 Å². The lowest BCUT2D eigenvalue weighted by Crippen LogP contribution is -2.17. The quantitative estimate of drug-likeness (QED) is 0.789. The SMILES string of the molecule is CC(C)(C)COc1cnnc(Cl)c1Cl. The molecule has 1 aromatic heterocycles. The van der Waals surface area contributed by atoms with Crippen LogP contribution in [0.5, 0.6) is 5.75 Å². The van der Waals surface area contributed by atoms with Crippen molar-refractivity contribution < 1.29 is 4.74 Å². The predicted molar refractivity (Wildman–Crippen MR) is 57.0 cm³/mol. The third kappa shape index (κ3) is 3.31. The number of ether oxygens (including phenoxy) is 1. The first-order valence-electron chi connectivity index (χ1n) is 4.19. The van der Waals surface area contributed by atoms with Gasteiger partial charge in [0, 0.05) is 0 Å². The van der Waals surface area contributed by atoms with Crippen molar-refractivity contribution in [3.05, 3.63) is 16.4 Å². The molecule has 0 aliphatic rings. The highest BCUT2D eigenvalue weighted by molar-refractivity contribution is 6.42. The van der Waals surface area contributed by atoms with Crippen molar-refractivity contribution in [1.29, 1.82) is 0 Å². The van der Waals surface area contributed by atoms with E-state index in [2.05, 4.69) is 31.0 Å². The van der Waals surface area contributed by atoms with E-state index in [0.29, 0.717) is 17.4 Å². The summed E-state index contributed by atoms with van der Waals surface area (Å²) in [5.74, 6) is 0.474. The fourth-order valence-electron chi connectivity index (χ4n) is 0.729. The largest absolute Gasteiger partial charge is 0.490 e. The van der Waals surface area contributed by atoms with E-state index < -0.39 is 0 Å². The molecular formula is C9H12Cl2N2O. The average molecular weight is 235 g/mol. The van der Waals surface area contributed by atoms with Crippen LogP contribution in [0.15, 0.2) is 6.20 Å². The number of aromatic nitrogens is 2. The summed E-state index contributed by atoms with van der Waals surface area (Å²) in [5.41, 5.74) is 0.0685. The highest BCUT2D eigenvalue weighted by atomic mass is 35.5. The van der Waals surface area contributed by atoms with Gasteiger partial charge < -0.3 is 4.74 Å². The minimum atomic E-state index is 0.0685. The molecule has 0 radical (unpaired) electrons. The molecule has 0 spiro atoms. The molecule has 0 aliphatic carbocycles. The van der Waals surface area contributed by atoms with Crippen molar-refractivity contribution in [3.63, 3.8) is 0 Å². The van der Waals surface area contributed by atoms with Crippen LogP contribution in [0.3, 0.4) is 0 Å². The molecular weight excluding hydrogens is 223 g/mol. The Morgan fingerprint density at radius 3 is 2.57 bits per heavy atom. The number of rotatable bonds is 2. The molecule has 0 N–H and O–H groups in total. The van der Waals surface area contributed by atoms with Gasteiger partial charge in [-0.05, 0) is 5.41 Å².